The maximum atomic E-state index is 12.2. The minimum Gasteiger partial charge on any atom is -0.486 e. The Balaban J connectivity index is 1.54. The SMILES string of the molecule is CC(=NNC(=O)CNC(=O)c1ccc2c(c1)OCCO2)c1cccc([N+](=O)[O-])c1. The van der Waals surface area contributed by atoms with Crippen LogP contribution in [-0.2, 0) is 4.79 Å². The van der Waals surface area contributed by atoms with Gasteiger partial charge in [0, 0.05) is 23.3 Å². The molecule has 2 aromatic rings. The Morgan fingerprint density at radius 2 is 1.86 bits per heavy atom. The number of nitrogens with one attached hydrogen (secondary N) is 2. The van der Waals surface area contributed by atoms with E-state index in [1.807, 2.05) is 0 Å². The summed E-state index contributed by atoms with van der Waals surface area (Å²) in [6.45, 7) is 2.17. The van der Waals surface area contributed by atoms with Crippen molar-refractivity contribution in [2.45, 2.75) is 6.92 Å². The fourth-order valence-electron chi connectivity index (χ4n) is 2.54. The average Bonchev–Trinajstić information content (AvgIpc) is 2.75. The lowest BCUT2D eigenvalue weighted by atomic mass is 10.1. The Morgan fingerprint density at radius 3 is 2.62 bits per heavy atom. The normalized spacial score (nSPS) is 12.8. The van der Waals surface area contributed by atoms with Crippen molar-refractivity contribution in [2.75, 3.05) is 19.8 Å². The van der Waals surface area contributed by atoms with Crippen LogP contribution in [0, 0.1) is 10.1 Å². The summed E-state index contributed by atoms with van der Waals surface area (Å²) in [4.78, 5) is 34.5. The molecule has 0 saturated heterocycles. The number of carbonyl (C=O) groups excluding carboxylic acids is 2. The van der Waals surface area contributed by atoms with E-state index in [9.17, 15) is 19.7 Å². The van der Waals surface area contributed by atoms with Crippen LogP contribution in [0.2, 0.25) is 0 Å². The number of fused-ring (bicyclic) bond motifs is 1. The molecule has 1 heterocycles. The molecule has 0 saturated carbocycles. The highest BCUT2D eigenvalue weighted by Crippen LogP contribution is 2.30. The summed E-state index contributed by atoms with van der Waals surface area (Å²) >= 11 is 0. The highest BCUT2D eigenvalue weighted by atomic mass is 16.6. The second-order valence-corrected chi connectivity index (χ2v) is 6.08. The first-order valence-electron chi connectivity index (χ1n) is 8.70. The van der Waals surface area contributed by atoms with Gasteiger partial charge in [0.2, 0.25) is 0 Å². The second-order valence-electron chi connectivity index (χ2n) is 6.08. The van der Waals surface area contributed by atoms with Crippen molar-refractivity contribution in [3.63, 3.8) is 0 Å². The summed E-state index contributed by atoms with van der Waals surface area (Å²) in [6, 6.07) is 10.6. The van der Waals surface area contributed by atoms with Crippen molar-refractivity contribution in [2.24, 2.45) is 5.10 Å². The predicted octanol–water partition coefficient (Wildman–Crippen LogP) is 1.64. The van der Waals surface area contributed by atoms with Gasteiger partial charge in [0.15, 0.2) is 11.5 Å². The van der Waals surface area contributed by atoms with Crippen LogP contribution in [0.3, 0.4) is 0 Å². The van der Waals surface area contributed by atoms with Gasteiger partial charge >= 0.3 is 0 Å². The van der Waals surface area contributed by atoms with Gasteiger partial charge in [-0.1, -0.05) is 12.1 Å². The number of non-ortho nitro benzene ring substituents is 1. The number of benzene rings is 2. The van der Waals surface area contributed by atoms with Crippen LogP contribution >= 0.6 is 0 Å². The Kier molecular flexibility index (Phi) is 6.03. The van der Waals surface area contributed by atoms with Crippen LogP contribution in [0.5, 0.6) is 11.5 Å². The van der Waals surface area contributed by atoms with Gasteiger partial charge in [-0.15, -0.1) is 0 Å². The van der Waals surface area contributed by atoms with Crippen LogP contribution in [0.1, 0.15) is 22.8 Å². The maximum absolute atomic E-state index is 12.2. The molecule has 0 aliphatic carbocycles. The third kappa shape index (κ3) is 5.06. The number of hydrogen-bond donors (Lipinski definition) is 2. The van der Waals surface area contributed by atoms with Crippen LogP contribution in [-0.4, -0.2) is 42.2 Å². The number of nitro benzene ring substituents is 1. The molecule has 0 unspecified atom stereocenters. The van der Waals surface area contributed by atoms with Crippen molar-refractivity contribution in [3.8, 4) is 11.5 Å². The molecule has 2 N–H and O–H groups in total. The van der Waals surface area contributed by atoms with Gasteiger partial charge in [0.25, 0.3) is 17.5 Å². The van der Waals surface area contributed by atoms with E-state index in [1.165, 1.54) is 18.2 Å². The summed E-state index contributed by atoms with van der Waals surface area (Å²) in [6.07, 6.45) is 0. The van der Waals surface area contributed by atoms with E-state index >= 15 is 0 Å². The van der Waals surface area contributed by atoms with Crippen molar-refractivity contribution >= 4 is 23.2 Å². The molecule has 10 heteroatoms. The largest absolute Gasteiger partial charge is 0.486 e. The number of amides is 2. The van der Waals surface area contributed by atoms with E-state index in [-0.39, 0.29) is 12.2 Å². The minimum absolute atomic E-state index is 0.0740. The highest BCUT2D eigenvalue weighted by molar-refractivity contribution is 6.00. The van der Waals surface area contributed by atoms with Crippen molar-refractivity contribution in [3.05, 3.63) is 63.7 Å². The molecule has 1 aliphatic rings. The Morgan fingerprint density at radius 1 is 1.10 bits per heavy atom. The minimum atomic E-state index is -0.541. The van der Waals surface area contributed by atoms with Crippen molar-refractivity contribution in [1.29, 1.82) is 0 Å². The van der Waals surface area contributed by atoms with Gasteiger partial charge in [-0.25, -0.2) is 5.43 Å². The smallest absolute Gasteiger partial charge is 0.270 e. The zero-order valence-electron chi connectivity index (χ0n) is 15.5. The van der Waals surface area contributed by atoms with Crippen molar-refractivity contribution in [1.82, 2.24) is 10.7 Å². The molecule has 2 amide bonds. The molecule has 0 aromatic heterocycles. The van der Waals surface area contributed by atoms with Gasteiger partial charge < -0.3 is 14.8 Å². The van der Waals surface area contributed by atoms with Gasteiger partial charge in [-0.2, -0.15) is 5.10 Å². The highest BCUT2D eigenvalue weighted by Gasteiger charge is 2.15. The lowest BCUT2D eigenvalue weighted by Gasteiger charge is -2.18. The van der Waals surface area contributed by atoms with E-state index in [0.717, 1.165) is 0 Å². The topological polar surface area (TPSA) is 132 Å². The molecule has 1 aliphatic heterocycles. The number of nitrogens with zero attached hydrogens (tertiary/aromatic N) is 2. The predicted molar refractivity (Wildman–Crippen MR) is 103 cm³/mol. The van der Waals surface area contributed by atoms with E-state index in [4.69, 9.17) is 9.47 Å². The van der Waals surface area contributed by atoms with Crippen LogP contribution in [0.15, 0.2) is 47.6 Å². The summed E-state index contributed by atoms with van der Waals surface area (Å²) in [5, 5.41) is 17.2. The van der Waals surface area contributed by atoms with Gasteiger partial charge in [-0.05, 0) is 25.1 Å². The molecular formula is C19H18N4O6. The standard InChI is InChI=1S/C19H18N4O6/c1-12(13-3-2-4-15(9-13)23(26)27)21-22-18(24)11-20-19(25)14-5-6-16-17(10-14)29-8-7-28-16/h2-6,9-10H,7-8,11H2,1H3,(H,20,25)(H,22,24). The lowest BCUT2D eigenvalue weighted by Crippen LogP contribution is -2.35. The fourth-order valence-corrected chi connectivity index (χ4v) is 2.54. The van der Waals surface area contributed by atoms with E-state index in [1.54, 1.807) is 31.2 Å². The molecule has 2 aromatic carbocycles. The molecule has 0 fully saturated rings. The maximum Gasteiger partial charge on any atom is 0.270 e. The molecule has 0 atom stereocenters. The first-order valence-corrected chi connectivity index (χ1v) is 8.70. The number of nitro groups is 1. The van der Waals surface area contributed by atoms with Crippen LogP contribution < -0.4 is 20.2 Å². The first-order chi connectivity index (χ1) is 13.9. The first kappa shape index (κ1) is 19.8. The quantitative estimate of drug-likeness (QED) is 0.432. The number of ether oxygens (including phenoxy) is 2. The number of rotatable bonds is 6. The third-order valence-corrected chi connectivity index (χ3v) is 4.04. The van der Waals surface area contributed by atoms with Gasteiger partial charge in [0.05, 0.1) is 17.2 Å². The zero-order valence-corrected chi connectivity index (χ0v) is 15.5. The molecule has 10 nitrogen and oxygen atoms in total. The van der Waals surface area contributed by atoms with Gasteiger partial charge in [0.1, 0.15) is 13.2 Å². The molecule has 0 radical (unpaired) electrons. The lowest BCUT2D eigenvalue weighted by molar-refractivity contribution is -0.384. The molecule has 0 bridgehead atoms. The number of carbonyl (C=O) groups is 2. The Labute approximate surface area is 165 Å². The zero-order chi connectivity index (χ0) is 20.8. The summed E-state index contributed by atoms with van der Waals surface area (Å²) in [7, 11) is 0. The third-order valence-electron chi connectivity index (χ3n) is 4.04. The average molecular weight is 398 g/mol. The van der Waals surface area contributed by atoms with E-state index < -0.39 is 16.7 Å². The Bertz CT molecular complexity index is 988. The van der Waals surface area contributed by atoms with Crippen LogP contribution in [0.4, 0.5) is 5.69 Å². The Hall–Kier alpha value is -3.95. The molecule has 150 valence electrons. The summed E-state index contributed by atoms with van der Waals surface area (Å²) < 4.78 is 10.8. The van der Waals surface area contributed by atoms with E-state index in [2.05, 4.69) is 15.8 Å². The molecule has 29 heavy (non-hydrogen) atoms. The summed E-state index contributed by atoms with van der Waals surface area (Å²) in [5.41, 5.74) is 3.45. The molecular weight excluding hydrogens is 380 g/mol. The van der Waals surface area contributed by atoms with Gasteiger partial charge in [-0.3, -0.25) is 19.7 Å². The second kappa shape index (κ2) is 8.83. The van der Waals surface area contributed by atoms with Crippen LogP contribution in [0.25, 0.3) is 0 Å². The molecule has 3 rings (SSSR count). The van der Waals surface area contributed by atoms with E-state index in [0.29, 0.717) is 41.6 Å². The monoisotopic (exact) mass is 398 g/mol. The van der Waals surface area contributed by atoms with Crippen molar-refractivity contribution < 1.29 is 24.0 Å². The molecule has 0 spiro atoms. The summed E-state index contributed by atoms with van der Waals surface area (Å²) in [5.74, 6) is 0.0548. The fraction of sp³-hybridized carbons (Fsp3) is 0.211. The number of hydrogen-bond acceptors (Lipinski definition) is 7. The number of hydrazone groups is 1.